The van der Waals surface area contributed by atoms with Gasteiger partial charge in [0.05, 0.1) is 0 Å². The lowest BCUT2D eigenvalue weighted by Gasteiger charge is -2.02. The number of halogens is 1. The first-order valence-corrected chi connectivity index (χ1v) is 6.61. The van der Waals surface area contributed by atoms with Gasteiger partial charge in [0.15, 0.2) is 17.8 Å². The summed E-state index contributed by atoms with van der Waals surface area (Å²) >= 11 is 3.30. The highest BCUT2D eigenvalue weighted by Crippen LogP contribution is 2.18. The van der Waals surface area contributed by atoms with E-state index in [1.807, 2.05) is 43.3 Å². The van der Waals surface area contributed by atoms with Gasteiger partial charge in [0.1, 0.15) is 10.4 Å². The maximum atomic E-state index is 5.61. The standard InChI is InChI=1S/C14H11BrN2O2/c1-9-2-4-10(5-3-9)18-8-13-17-14-11(19-13)6-7-12(15)16-14/h2-7H,8H2,1H3. The van der Waals surface area contributed by atoms with Crippen molar-refractivity contribution < 1.29 is 9.15 Å². The molecule has 0 aliphatic heterocycles. The second-order valence-electron chi connectivity index (χ2n) is 4.17. The summed E-state index contributed by atoms with van der Waals surface area (Å²) in [7, 11) is 0. The van der Waals surface area contributed by atoms with Crippen LogP contribution in [0.2, 0.25) is 0 Å². The quantitative estimate of drug-likeness (QED) is 0.688. The van der Waals surface area contributed by atoms with Crippen molar-refractivity contribution in [2.24, 2.45) is 0 Å². The zero-order valence-corrected chi connectivity index (χ0v) is 11.8. The molecule has 0 bridgehead atoms. The van der Waals surface area contributed by atoms with E-state index in [0.717, 1.165) is 10.4 Å². The average molecular weight is 319 g/mol. The molecule has 2 aromatic heterocycles. The van der Waals surface area contributed by atoms with Gasteiger partial charge in [-0.05, 0) is 47.1 Å². The minimum atomic E-state index is 0.289. The number of benzene rings is 1. The van der Waals surface area contributed by atoms with Gasteiger partial charge in [-0.3, -0.25) is 0 Å². The van der Waals surface area contributed by atoms with E-state index in [1.54, 1.807) is 0 Å². The van der Waals surface area contributed by atoms with Crippen LogP contribution in [0.5, 0.6) is 5.75 Å². The highest BCUT2D eigenvalue weighted by atomic mass is 79.9. The minimum absolute atomic E-state index is 0.289. The van der Waals surface area contributed by atoms with Crippen LogP contribution in [-0.2, 0) is 6.61 Å². The first kappa shape index (κ1) is 12.2. The summed E-state index contributed by atoms with van der Waals surface area (Å²) in [6.07, 6.45) is 0. The van der Waals surface area contributed by atoms with Gasteiger partial charge in [-0.25, -0.2) is 4.98 Å². The minimum Gasteiger partial charge on any atom is -0.484 e. The number of nitrogens with zero attached hydrogens (tertiary/aromatic N) is 2. The molecule has 2 heterocycles. The van der Waals surface area contributed by atoms with Gasteiger partial charge in [0, 0.05) is 0 Å². The number of ether oxygens (including phenoxy) is 1. The molecule has 0 aliphatic carbocycles. The van der Waals surface area contributed by atoms with Crippen LogP contribution in [0.4, 0.5) is 0 Å². The van der Waals surface area contributed by atoms with E-state index in [1.165, 1.54) is 5.56 Å². The van der Waals surface area contributed by atoms with Gasteiger partial charge in [-0.15, -0.1) is 0 Å². The summed E-state index contributed by atoms with van der Waals surface area (Å²) < 4.78 is 11.9. The monoisotopic (exact) mass is 318 g/mol. The molecule has 0 spiro atoms. The third-order valence-corrected chi connectivity index (χ3v) is 3.09. The molecule has 0 fully saturated rings. The summed E-state index contributed by atoms with van der Waals surface area (Å²) in [5.41, 5.74) is 2.44. The third-order valence-electron chi connectivity index (χ3n) is 2.65. The Balaban J connectivity index is 1.76. The molecule has 0 saturated heterocycles. The molecule has 1 aromatic carbocycles. The van der Waals surface area contributed by atoms with Crippen molar-refractivity contribution in [1.29, 1.82) is 0 Å². The van der Waals surface area contributed by atoms with Crippen LogP contribution < -0.4 is 4.74 Å². The second-order valence-corrected chi connectivity index (χ2v) is 4.98. The first-order valence-electron chi connectivity index (χ1n) is 5.82. The van der Waals surface area contributed by atoms with Crippen molar-refractivity contribution in [3.05, 3.63) is 52.5 Å². The molecule has 4 nitrogen and oxygen atoms in total. The topological polar surface area (TPSA) is 48.2 Å². The number of hydrogen-bond donors (Lipinski definition) is 0. The molecule has 0 amide bonds. The zero-order chi connectivity index (χ0) is 13.2. The van der Waals surface area contributed by atoms with Gasteiger partial charge in [0.2, 0.25) is 5.89 Å². The smallest absolute Gasteiger partial charge is 0.235 e. The molecule has 0 saturated carbocycles. The van der Waals surface area contributed by atoms with E-state index in [-0.39, 0.29) is 6.61 Å². The summed E-state index contributed by atoms with van der Waals surface area (Å²) in [4.78, 5) is 8.49. The largest absolute Gasteiger partial charge is 0.484 e. The number of rotatable bonds is 3. The van der Waals surface area contributed by atoms with Crippen LogP contribution in [0.1, 0.15) is 11.5 Å². The van der Waals surface area contributed by atoms with Crippen LogP contribution in [0.15, 0.2) is 45.4 Å². The lowest BCUT2D eigenvalue weighted by atomic mass is 10.2. The van der Waals surface area contributed by atoms with E-state index in [2.05, 4.69) is 25.9 Å². The third kappa shape index (κ3) is 2.76. The molecule has 0 aliphatic rings. The number of oxazole rings is 1. The van der Waals surface area contributed by atoms with Gasteiger partial charge in [0.25, 0.3) is 0 Å². The lowest BCUT2D eigenvalue weighted by Crippen LogP contribution is -1.95. The van der Waals surface area contributed by atoms with E-state index in [0.29, 0.717) is 17.1 Å². The predicted octanol–water partition coefficient (Wildman–Crippen LogP) is 3.87. The van der Waals surface area contributed by atoms with Crippen LogP contribution >= 0.6 is 15.9 Å². The Morgan fingerprint density at radius 2 is 1.89 bits per heavy atom. The number of hydrogen-bond acceptors (Lipinski definition) is 4. The van der Waals surface area contributed by atoms with Crippen molar-refractivity contribution in [2.45, 2.75) is 13.5 Å². The highest BCUT2D eigenvalue weighted by Gasteiger charge is 2.07. The number of aromatic nitrogens is 2. The van der Waals surface area contributed by atoms with Gasteiger partial charge in [-0.2, -0.15) is 4.98 Å². The normalized spacial score (nSPS) is 10.8. The van der Waals surface area contributed by atoms with Crippen molar-refractivity contribution in [1.82, 2.24) is 9.97 Å². The van der Waals surface area contributed by atoms with Crippen molar-refractivity contribution in [3.63, 3.8) is 0 Å². The molecule has 0 atom stereocenters. The Morgan fingerprint density at radius 3 is 2.68 bits per heavy atom. The molecule has 5 heteroatoms. The van der Waals surface area contributed by atoms with E-state index >= 15 is 0 Å². The fraction of sp³-hybridized carbons (Fsp3) is 0.143. The lowest BCUT2D eigenvalue weighted by molar-refractivity contribution is 0.267. The molecule has 3 aromatic rings. The Labute approximate surface area is 118 Å². The number of pyridine rings is 1. The fourth-order valence-corrected chi connectivity index (χ4v) is 1.98. The van der Waals surface area contributed by atoms with Crippen molar-refractivity contribution in [2.75, 3.05) is 0 Å². The summed E-state index contributed by atoms with van der Waals surface area (Å²) in [5.74, 6) is 1.31. The van der Waals surface area contributed by atoms with E-state index in [9.17, 15) is 0 Å². The number of aryl methyl sites for hydroxylation is 1. The van der Waals surface area contributed by atoms with Crippen LogP contribution in [-0.4, -0.2) is 9.97 Å². The van der Waals surface area contributed by atoms with Crippen molar-refractivity contribution >= 4 is 27.2 Å². The SMILES string of the molecule is Cc1ccc(OCc2nc3nc(Br)ccc3o2)cc1. The molecular formula is C14H11BrN2O2. The van der Waals surface area contributed by atoms with Gasteiger partial charge in [-0.1, -0.05) is 17.7 Å². The van der Waals surface area contributed by atoms with E-state index in [4.69, 9.17) is 9.15 Å². The summed E-state index contributed by atoms with van der Waals surface area (Å²) in [6.45, 7) is 2.32. The highest BCUT2D eigenvalue weighted by molar-refractivity contribution is 9.10. The Kier molecular flexibility index (Phi) is 3.21. The Morgan fingerprint density at radius 1 is 1.11 bits per heavy atom. The number of fused-ring (bicyclic) bond motifs is 1. The molecular weight excluding hydrogens is 308 g/mol. The first-order chi connectivity index (χ1) is 9.20. The van der Waals surface area contributed by atoms with Crippen molar-refractivity contribution in [3.8, 4) is 5.75 Å². The predicted molar refractivity (Wildman–Crippen MR) is 75.0 cm³/mol. The second kappa shape index (κ2) is 5.01. The molecule has 19 heavy (non-hydrogen) atoms. The average Bonchev–Trinajstić information content (AvgIpc) is 2.80. The maximum absolute atomic E-state index is 5.61. The molecule has 96 valence electrons. The summed E-state index contributed by atoms with van der Waals surface area (Å²) in [5, 5.41) is 0. The molecule has 0 radical (unpaired) electrons. The van der Waals surface area contributed by atoms with Crippen LogP contribution in [0.25, 0.3) is 11.2 Å². The van der Waals surface area contributed by atoms with Crippen LogP contribution in [0.3, 0.4) is 0 Å². The van der Waals surface area contributed by atoms with E-state index < -0.39 is 0 Å². The fourth-order valence-electron chi connectivity index (χ4n) is 1.68. The maximum Gasteiger partial charge on any atom is 0.235 e. The molecule has 3 rings (SSSR count). The summed E-state index contributed by atoms with van der Waals surface area (Å²) in [6, 6.07) is 11.5. The van der Waals surface area contributed by atoms with Gasteiger partial charge >= 0.3 is 0 Å². The van der Waals surface area contributed by atoms with Crippen LogP contribution in [0, 0.1) is 6.92 Å². The van der Waals surface area contributed by atoms with Gasteiger partial charge < -0.3 is 9.15 Å². The Hall–Kier alpha value is -1.88. The Bertz CT molecular complexity index is 707. The molecule has 0 unspecified atom stereocenters. The molecule has 0 N–H and O–H groups in total. The zero-order valence-electron chi connectivity index (χ0n) is 10.3.